The molecule has 7 heteroatoms. The van der Waals surface area contributed by atoms with Crippen molar-refractivity contribution in [3.8, 4) is 11.4 Å². The first-order chi connectivity index (χ1) is 10.9. The number of aromatic amines is 1. The van der Waals surface area contributed by atoms with E-state index in [-0.39, 0.29) is 5.69 Å². The lowest BCUT2D eigenvalue weighted by Gasteiger charge is -2.08. The van der Waals surface area contributed by atoms with Crippen LogP contribution in [-0.4, -0.2) is 22.1 Å². The quantitative estimate of drug-likeness (QED) is 0.763. The third-order valence-electron chi connectivity index (χ3n) is 3.17. The van der Waals surface area contributed by atoms with Crippen LogP contribution in [0.5, 0.6) is 0 Å². The van der Waals surface area contributed by atoms with Gasteiger partial charge in [-0.2, -0.15) is 13.2 Å². The molecule has 2 N–H and O–H groups in total. The summed E-state index contributed by atoms with van der Waals surface area (Å²) in [4.78, 5) is 18.9. The van der Waals surface area contributed by atoms with E-state index in [1.54, 1.807) is 18.2 Å². The summed E-state index contributed by atoms with van der Waals surface area (Å²) in [5, 5.41) is 2.24. The topological polar surface area (TPSA) is 57.8 Å². The number of rotatable bonds is 3. The molecule has 0 radical (unpaired) electrons. The Kier molecular flexibility index (Phi) is 3.77. The Labute approximate surface area is 129 Å². The zero-order valence-corrected chi connectivity index (χ0v) is 11.8. The number of hydrogen-bond acceptors (Lipinski definition) is 2. The van der Waals surface area contributed by atoms with Gasteiger partial charge < -0.3 is 10.3 Å². The molecule has 0 saturated heterocycles. The van der Waals surface area contributed by atoms with Crippen molar-refractivity contribution in [2.45, 2.75) is 12.6 Å². The molecule has 23 heavy (non-hydrogen) atoms. The van der Waals surface area contributed by atoms with Gasteiger partial charge in [0.05, 0.1) is 11.0 Å². The Bertz CT molecular complexity index is 822. The number of imidazole rings is 1. The highest BCUT2D eigenvalue weighted by atomic mass is 19.4. The number of carbonyl (C=O) groups is 1. The molecular weight excluding hydrogens is 307 g/mol. The molecule has 3 rings (SSSR count). The number of H-pyrrole nitrogens is 1. The van der Waals surface area contributed by atoms with E-state index in [9.17, 15) is 18.0 Å². The molecule has 0 bridgehead atoms. The fourth-order valence-electron chi connectivity index (χ4n) is 2.22. The van der Waals surface area contributed by atoms with Crippen LogP contribution in [0.2, 0.25) is 0 Å². The van der Waals surface area contributed by atoms with Crippen LogP contribution < -0.4 is 5.32 Å². The maximum atomic E-state index is 12.2. The number of alkyl halides is 3. The summed E-state index contributed by atoms with van der Waals surface area (Å²) in [5.74, 6) is -0.516. The monoisotopic (exact) mass is 319 g/mol. The molecule has 0 aliphatic carbocycles. The number of para-hydroxylation sites is 2. The first-order valence-electron chi connectivity index (χ1n) is 6.82. The highest BCUT2D eigenvalue weighted by Gasteiger charge is 2.31. The Balaban J connectivity index is 1.83. The van der Waals surface area contributed by atoms with E-state index in [4.69, 9.17) is 0 Å². The van der Waals surface area contributed by atoms with Crippen LogP contribution >= 0.6 is 0 Å². The number of fused-ring (bicyclic) bond motifs is 1. The highest BCUT2D eigenvalue weighted by molar-refractivity contribution is 5.92. The Hall–Kier alpha value is -2.83. The third-order valence-corrected chi connectivity index (χ3v) is 3.17. The SMILES string of the molecule is O=C(CC(F)(F)F)Nc1cccc(-c2nc3ccccc3[nH]2)c1. The van der Waals surface area contributed by atoms with Gasteiger partial charge in [-0.3, -0.25) is 4.79 Å². The van der Waals surface area contributed by atoms with E-state index in [1.807, 2.05) is 24.3 Å². The summed E-state index contributed by atoms with van der Waals surface area (Å²) in [6.07, 6.45) is -6.04. The molecule has 118 valence electrons. The standard InChI is InChI=1S/C16H12F3N3O/c17-16(18,19)9-14(23)20-11-5-3-4-10(8-11)15-21-12-6-1-2-7-13(12)22-15/h1-8H,9H2,(H,20,23)(H,21,22). The Morgan fingerprint density at radius 3 is 2.65 bits per heavy atom. The molecule has 0 saturated carbocycles. The summed E-state index contributed by atoms with van der Waals surface area (Å²) in [6.45, 7) is 0. The van der Waals surface area contributed by atoms with Crippen LogP contribution in [0, 0.1) is 0 Å². The van der Waals surface area contributed by atoms with Crippen molar-refractivity contribution in [2.75, 3.05) is 5.32 Å². The molecule has 1 heterocycles. The molecule has 0 atom stereocenters. The maximum absolute atomic E-state index is 12.2. The molecule has 3 aromatic rings. The fourth-order valence-corrected chi connectivity index (χ4v) is 2.22. The van der Waals surface area contributed by atoms with E-state index in [1.165, 1.54) is 6.07 Å². The van der Waals surface area contributed by atoms with Gasteiger partial charge in [0.1, 0.15) is 12.2 Å². The van der Waals surface area contributed by atoms with Crippen molar-refractivity contribution in [1.82, 2.24) is 9.97 Å². The zero-order valence-electron chi connectivity index (χ0n) is 11.8. The van der Waals surface area contributed by atoms with Gasteiger partial charge >= 0.3 is 6.18 Å². The van der Waals surface area contributed by atoms with Gasteiger partial charge in [0.15, 0.2) is 0 Å². The summed E-state index contributed by atoms with van der Waals surface area (Å²) in [5.41, 5.74) is 2.60. The van der Waals surface area contributed by atoms with Crippen LogP contribution in [0.1, 0.15) is 6.42 Å². The second kappa shape index (κ2) is 5.75. The molecule has 2 aromatic carbocycles. The van der Waals surface area contributed by atoms with Crippen molar-refractivity contribution in [2.24, 2.45) is 0 Å². The van der Waals surface area contributed by atoms with Crippen molar-refractivity contribution in [1.29, 1.82) is 0 Å². The van der Waals surface area contributed by atoms with Crippen LogP contribution in [0.3, 0.4) is 0 Å². The number of nitrogens with zero attached hydrogens (tertiary/aromatic N) is 1. The first kappa shape index (κ1) is 15.1. The largest absolute Gasteiger partial charge is 0.397 e. The number of amides is 1. The van der Waals surface area contributed by atoms with Crippen molar-refractivity contribution < 1.29 is 18.0 Å². The number of halogens is 3. The molecule has 0 unspecified atom stereocenters. The fraction of sp³-hybridized carbons (Fsp3) is 0.125. The van der Waals surface area contributed by atoms with Crippen LogP contribution in [0.25, 0.3) is 22.4 Å². The number of anilines is 1. The lowest BCUT2D eigenvalue weighted by Crippen LogP contribution is -2.21. The van der Waals surface area contributed by atoms with E-state index in [0.717, 1.165) is 11.0 Å². The predicted octanol–water partition coefficient (Wildman–Crippen LogP) is 4.12. The predicted molar refractivity (Wildman–Crippen MR) is 80.8 cm³/mol. The average Bonchev–Trinajstić information content (AvgIpc) is 2.89. The first-order valence-corrected chi connectivity index (χ1v) is 6.82. The van der Waals surface area contributed by atoms with Crippen LogP contribution in [0.4, 0.5) is 18.9 Å². The molecule has 4 nitrogen and oxygen atoms in total. The number of nitrogens with one attached hydrogen (secondary N) is 2. The van der Waals surface area contributed by atoms with Gasteiger partial charge in [0.25, 0.3) is 0 Å². The molecular formula is C16H12F3N3O. The summed E-state index contributed by atoms with van der Waals surface area (Å²) in [6, 6.07) is 14.0. The maximum Gasteiger partial charge on any atom is 0.397 e. The van der Waals surface area contributed by atoms with Crippen molar-refractivity contribution in [3.05, 3.63) is 48.5 Å². The molecule has 1 aromatic heterocycles. The van der Waals surface area contributed by atoms with Gasteiger partial charge in [-0.15, -0.1) is 0 Å². The summed E-state index contributed by atoms with van der Waals surface area (Å²) in [7, 11) is 0. The second-order valence-electron chi connectivity index (χ2n) is 5.02. The second-order valence-corrected chi connectivity index (χ2v) is 5.02. The van der Waals surface area contributed by atoms with Crippen molar-refractivity contribution >= 4 is 22.6 Å². The number of aromatic nitrogens is 2. The van der Waals surface area contributed by atoms with Crippen LogP contribution in [0.15, 0.2) is 48.5 Å². The van der Waals surface area contributed by atoms with Gasteiger partial charge in [-0.1, -0.05) is 24.3 Å². The van der Waals surface area contributed by atoms with E-state index >= 15 is 0 Å². The Morgan fingerprint density at radius 2 is 1.91 bits per heavy atom. The van der Waals surface area contributed by atoms with E-state index in [0.29, 0.717) is 11.4 Å². The normalized spacial score (nSPS) is 11.6. The molecule has 1 amide bonds. The van der Waals surface area contributed by atoms with E-state index < -0.39 is 18.5 Å². The molecule has 0 aliphatic rings. The lowest BCUT2D eigenvalue weighted by atomic mass is 10.2. The molecule has 0 aliphatic heterocycles. The minimum atomic E-state index is -4.53. The van der Waals surface area contributed by atoms with Crippen molar-refractivity contribution in [3.63, 3.8) is 0 Å². The van der Waals surface area contributed by atoms with Crippen LogP contribution in [-0.2, 0) is 4.79 Å². The molecule has 0 spiro atoms. The summed E-state index contributed by atoms with van der Waals surface area (Å²) < 4.78 is 36.6. The minimum absolute atomic E-state index is 0.289. The highest BCUT2D eigenvalue weighted by Crippen LogP contribution is 2.24. The van der Waals surface area contributed by atoms with E-state index in [2.05, 4.69) is 15.3 Å². The zero-order chi connectivity index (χ0) is 16.4. The Morgan fingerprint density at radius 1 is 1.13 bits per heavy atom. The minimum Gasteiger partial charge on any atom is -0.338 e. The number of benzene rings is 2. The smallest absolute Gasteiger partial charge is 0.338 e. The summed E-state index contributed by atoms with van der Waals surface area (Å²) >= 11 is 0. The molecule has 0 fully saturated rings. The average molecular weight is 319 g/mol. The van der Waals surface area contributed by atoms with Gasteiger partial charge in [-0.05, 0) is 24.3 Å². The van der Waals surface area contributed by atoms with Gasteiger partial charge in [0, 0.05) is 11.3 Å². The van der Waals surface area contributed by atoms with Gasteiger partial charge in [0.2, 0.25) is 5.91 Å². The van der Waals surface area contributed by atoms with Gasteiger partial charge in [-0.25, -0.2) is 4.98 Å². The number of carbonyl (C=O) groups excluding carboxylic acids is 1. The third kappa shape index (κ3) is 3.68. The lowest BCUT2D eigenvalue weighted by molar-refractivity contribution is -0.150. The number of hydrogen-bond donors (Lipinski definition) is 2.